The van der Waals surface area contributed by atoms with Crippen LogP contribution in [0, 0.1) is 0 Å². The second-order valence-electron chi connectivity index (χ2n) is 5.03. The molecule has 0 aliphatic carbocycles. The van der Waals surface area contributed by atoms with Gasteiger partial charge in [-0.1, -0.05) is 6.92 Å². The summed E-state index contributed by atoms with van der Waals surface area (Å²) < 4.78 is 5.52. The van der Waals surface area contributed by atoms with Crippen LogP contribution < -0.4 is 5.32 Å². The van der Waals surface area contributed by atoms with E-state index in [1.807, 2.05) is 0 Å². The van der Waals surface area contributed by atoms with E-state index in [9.17, 15) is 4.79 Å². The standard InChI is InChI=1S/C13H24N2O2/c1-2-8-15(11-5-3-7-14-10-11)13(16)12-6-4-9-17-12/h11-12,14H,2-10H2,1H3/t11?,12-/m1/s1. The van der Waals surface area contributed by atoms with E-state index in [4.69, 9.17) is 4.74 Å². The molecule has 2 heterocycles. The molecule has 0 aromatic rings. The van der Waals surface area contributed by atoms with E-state index in [2.05, 4.69) is 17.1 Å². The van der Waals surface area contributed by atoms with Crippen molar-refractivity contribution < 1.29 is 9.53 Å². The maximum atomic E-state index is 12.4. The summed E-state index contributed by atoms with van der Waals surface area (Å²) in [6.07, 6.45) is 5.09. The van der Waals surface area contributed by atoms with Crippen LogP contribution in [-0.4, -0.2) is 49.2 Å². The normalized spacial score (nSPS) is 29.2. The lowest BCUT2D eigenvalue weighted by atomic mass is 10.0. The fourth-order valence-corrected chi connectivity index (χ4v) is 2.77. The predicted molar refractivity (Wildman–Crippen MR) is 66.9 cm³/mol. The molecule has 0 aromatic heterocycles. The largest absolute Gasteiger partial charge is 0.368 e. The van der Waals surface area contributed by atoms with Crippen LogP contribution in [0.5, 0.6) is 0 Å². The Morgan fingerprint density at radius 1 is 1.41 bits per heavy atom. The summed E-state index contributed by atoms with van der Waals surface area (Å²) in [4.78, 5) is 14.5. The molecular formula is C13H24N2O2. The van der Waals surface area contributed by atoms with E-state index in [1.165, 1.54) is 6.42 Å². The molecule has 2 saturated heterocycles. The fraction of sp³-hybridized carbons (Fsp3) is 0.923. The van der Waals surface area contributed by atoms with E-state index in [0.29, 0.717) is 6.04 Å². The molecule has 1 unspecified atom stereocenters. The summed E-state index contributed by atoms with van der Waals surface area (Å²) in [5.41, 5.74) is 0. The molecule has 2 rings (SSSR count). The molecule has 4 nitrogen and oxygen atoms in total. The van der Waals surface area contributed by atoms with Gasteiger partial charge in [-0.25, -0.2) is 0 Å². The number of amides is 1. The van der Waals surface area contributed by atoms with Crippen LogP contribution in [0.2, 0.25) is 0 Å². The zero-order valence-electron chi connectivity index (χ0n) is 10.8. The number of carbonyl (C=O) groups is 1. The lowest BCUT2D eigenvalue weighted by Crippen LogP contribution is -2.51. The van der Waals surface area contributed by atoms with Crippen LogP contribution in [0.3, 0.4) is 0 Å². The highest BCUT2D eigenvalue weighted by Crippen LogP contribution is 2.19. The third kappa shape index (κ3) is 3.19. The van der Waals surface area contributed by atoms with Gasteiger partial charge < -0.3 is 15.0 Å². The summed E-state index contributed by atoms with van der Waals surface area (Å²) in [5.74, 6) is 0.220. The summed E-state index contributed by atoms with van der Waals surface area (Å²) >= 11 is 0. The lowest BCUT2D eigenvalue weighted by molar-refractivity contribution is -0.143. The third-order valence-electron chi connectivity index (χ3n) is 3.66. The number of nitrogens with zero attached hydrogens (tertiary/aromatic N) is 1. The van der Waals surface area contributed by atoms with Gasteiger partial charge in [0.15, 0.2) is 0 Å². The highest BCUT2D eigenvalue weighted by atomic mass is 16.5. The highest BCUT2D eigenvalue weighted by Gasteiger charge is 2.32. The van der Waals surface area contributed by atoms with Crippen LogP contribution in [0.15, 0.2) is 0 Å². The van der Waals surface area contributed by atoms with E-state index < -0.39 is 0 Å². The molecule has 2 aliphatic heterocycles. The molecule has 2 fully saturated rings. The Morgan fingerprint density at radius 3 is 2.88 bits per heavy atom. The fourth-order valence-electron chi connectivity index (χ4n) is 2.77. The molecule has 2 aliphatic rings. The summed E-state index contributed by atoms with van der Waals surface area (Å²) in [6.45, 7) is 5.78. The van der Waals surface area contributed by atoms with E-state index in [1.54, 1.807) is 0 Å². The van der Waals surface area contributed by atoms with Crippen LogP contribution in [-0.2, 0) is 9.53 Å². The van der Waals surface area contributed by atoms with Gasteiger partial charge in [0, 0.05) is 25.7 Å². The zero-order chi connectivity index (χ0) is 12.1. The molecule has 0 aromatic carbocycles. The van der Waals surface area contributed by atoms with Crippen LogP contribution in [0.4, 0.5) is 0 Å². The Morgan fingerprint density at radius 2 is 2.29 bits per heavy atom. The topological polar surface area (TPSA) is 41.6 Å². The maximum absolute atomic E-state index is 12.4. The van der Waals surface area contributed by atoms with E-state index in [0.717, 1.165) is 51.9 Å². The number of piperidine rings is 1. The van der Waals surface area contributed by atoms with Crippen molar-refractivity contribution in [2.75, 3.05) is 26.2 Å². The molecule has 0 saturated carbocycles. The van der Waals surface area contributed by atoms with Gasteiger partial charge in [0.1, 0.15) is 6.10 Å². The number of ether oxygens (including phenoxy) is 1. The Bertz CT molecular complexity index is 246. The Balaban J connectivity index is 1.96. The van der Waals surface area contributed by atoms with Crippen molar-refractivity contribution in [1.82, 2.24) is 10.2 Å². The van der Waals surface area contributed by atoms with Gasteiger partial charge in [0.25, 0.3) is 5.91 Å². The molecule has 17 heavy (non-hydrogen) atoms. The minimum absolute atomic E-state index is 0.163. The zero-order valence-corrected chi connectivity index (χ0v) is 10.8. The molecule has 0 radical (unpaired) electrons. The van der Waals surface area contributed by atoms with Crippen molar-refractivity contribution in [3.63, 3.8) is 0 Å². The minimum Gasteiger partial charge on any atom is -0.368 e. The van der Waals surface area contributed by atoms with Gasteiger partial charge >= 0.3 is 0 Å². The molecule has 0 bridgehead atoms. The van der Waals surface area contributed by atoms with E-state index in [-0.39, 0.29) is 12.0 Å². The molecule has 0 spiro atoms. The minimum atomic E-state index is -0.163. The smallest absolute Gasteiger partial charge is 0.251 e. The molecule has 98 valence electrons. The molecular weight excluding hydrogens is 216 g/mol. The number of hydrogen-bond donors (Lipinski definition) is 1. The molecule has 1 amide bonds. The molecule has 1 N–H and O–H groups in total. The SMILES string of the molecule is CCCN(C(=O)[C@H]1CCCO1)C1CCCNC1. The summed E-state index contributed by atoms with van der Waals surface area (Å²) in [7, 11) is 0. The van der Waals surface area contributed by atoms with Crippen LogP contribution >= 0.6 is 0 Å². The number of rotatable bonds is 4. The van der Waals surface area contributed by atoms with Crippen molar-refractivity contribution >= 4 is 5.91 Å². The van der Waals surface area contributed by atoms with Crippen molar-refractivity contribution in [2.24, 2.45) is 0 Å². The summed E-state index contributed by atoms with van der Waals surface area (Å²) in [6, 6.07) is 0.375. The first kappa shape index (κ1) is 12.8. The van der Waals surface area contributed by atoms with Crippen LogP contribution in [0.25, 0.3) is 0 Å². The average Bonchev–Trinajstić information content (AvgIpc) is 2.90. The van der Waals surface area contributed by atoms with Gasteiger partial charge in [-0.3, -0.25) is 4.79 Å². The van der Waals surface area contributed by atoms with Gasteiger partial charge in [-0.2, -0.15) is 0 Å². The first-order valence-electron chi connectivity index (χ1n) is 6.95. The second kappa shape index (κ2) is 6.36. The Hall–Kier alpha value is -0.610. The molecule has 2 atom stereocenters. The first-order valence-corrected chi connectivity index (χ1v) is 6.95. The quantitative estimate of drug-likeness (QED) is 0.801. The highest BCUT2D eigenvalue weighted by molar-refractivity contribution is 5.81. The maximum Gasteiger partial charge on any atom is 0.251 e. The van der Waals surface area contributed by atoms with Crippen molar-refractivity contribution in [2.45, 2.75) is 51.2 Å². The van der Waals surface area contributed by atoms with Gasteiger partial charge in [0.2, 0.25) is 0 Å². The lowest BCUT2D eigenvalue weighted by Gasteiger charge is -2.35. The number of carbonyl (C=O) groups excluding carboxylic acids is 1. The molecule has 4 heteroatoms. The number of hydrogen-bond acceptors (Lipinski definition) is 3. The van der Waals surface area contributed by atoms with Crippen LogP contribution in [0.1, 0.15) is 39.0 Å². The Kier molecular flexibility index (Phi) is 4.80. The average molecular weight is 240 g/mol. The second-order valence-corrected chi connectivity index (χ2v) is 5.03. The number of nitrogens with one attached hydrogen (secondary N) is 1. The van der Waals surface area contributed by atoms with Gasteiger partial charge in [-0.15, -0.1) is 0 Å². The van der Waals surface area contributed by atoms with Crippen molar-refractivity contribution in [3.8, 4) is 0 Å². The summed E-state index contributed by atoms with van der Waals surface area (Å²) in [5, 5.41) is 3.38. The monoisotopic (exact) mass is 240 g/mol. The van der Waals surface area contributed by atoms with Crippen molar-refractivity contribution in [3.05, 3.63) is 0 Å². The Labute approximate surface area is 104 Å². The first-order chi connectivity index (χ1) is 8.33. The predicted octanol–water partition coefficient (Wildman–Crippen LogP) is 1.16. The third-order valence-corrected chi connectivity index (χ3v) is 3.66. The van der Waals surface area contributed by atoms with Crippen molar-refractivity contribution in [1.29, 1.82) is 0 Å². The van der Waals surface area contributed by atoms with Gasteiger partial charge in [-0.05, 0) is 38.6 Å². The van der Waals surface area contributed by atoms with Gasteiger partial charge in [0.05, 0.1) is 0 Å². The van der Waals surface area contributed by atoms with E-state index >= 15 is 0 Å².